The highest BCUT2D eigenvalue weighted by Crippen LogP contribution is 2.43. The molecule has 0 bridgehead atoms. The molecule has 0 aromatic carbocycles. The molecule has 0 aromatic heterocycles. The Balaban J connectivity index is 5.14. The fraction of sp³-hybridized carbons (Fsp3) is 0.625. The Morgan fingerprint density at radius 2 is 1.95 bits per heavy atom. The molecule has 11 heteroatoms. The Kier molecular flexibility index (Phi) is 7.11. The summed E-state index contributed by atoms with van der Waals surface area (Å²) in [6, 6.07) is 2.44. The summed E-state index contributed by atoms with van der Waals surface area (Å²) in [6.07, 6.45) is 0.920. The van der Waals surface area contributed by atoms with Gasteiger partial charge in [-0.1, -0.05) is 29.8 Å². The van der Waals surface area contributed by atoms with Crippen LogP contribution in [0.3, 0.4) is 0 Å². The predicted octanol–water partition coefficient (Wildman–Crippen LogP) is 3.93. The van der Waals surface area contributed by atoms with E-state index in [-0.39, 0.29) is 0 Å². The van der Waals surface area contributed by atoms with Crippen molar-refractivity contribution in [1.82, 2.24) is 4.31 Å². The van der Waals surface area contributed by atoms with E-state index in [9.17, 15) is 8.42 Å². The van der Waals surface area contributed by atoms with Gasteiger partial charge < -0.3 is 0 Å². The zero-order valence-corrected chi connectivity index (χ0v) is 14.5. The summed E-state index contributed by atoms with van der Waals surface area (Å²) in [6.45, 7) is 6.14. The number of alkyl halides is 4. The van der Waals surface area contributed by atoms with Gasteiger partial charge in [-0.25, -0.2) is 4.31 Å². The standard InChI is InChI=1S/C8H10Cl4N2O3S2/c1-4-14(19(15,16)17)7(2,3)5-13-18-8(11,12)6(9)10/h4,6H,1H2,2-3H3/p+1. The minimum Gasteiger partial charge on any atom is -0.269 e. The lowest BCUT2D eigenvalue weighted by molar-refractivity contribution is 0.326. The first kappa shape index (κ1) is 19.4. The van der Waals surface area contributed by atoms with Crippen LogP contribution < -0.4 is 0 Å². The molecule has 0 spiro atoms. The molecule has 0 fully saturated rings. The predicted molar refractivity (Wildman–Crippen MR) is 82.4 cm³/mol. The quantitative estimate of drug-likeness (QED) is 0.440. The number of halogens is 4. The normalized spacial score (nSPS) is 12.8. The van der Waals surface area contributed by atoms with E-state index in [4.69, 9.17) is 51.0 Å². The van der Waals surface area contributed by atoms with Gasteiger partial charge in [0.25, 0.3) is 3.67 Å². The van der Waals surface area contributed by atoms with Gasteiger partial charge in [-0.3, -0.25) is 4.55 Å². The second kappa shape index (κ2) is 6.94. The van der Waals surface area contributed by atoms with Gasteiger partial charge in [0.2, 0.25) is 0 Å². The van der Waals surface area contributed by atoms with Crippen molar-refractivity contribution in [3.63, 3.8) is 0 Å². The van der Waals surface area contributed by atoms with E-state index in [2.05, 4.69) is 16.9 Å². The van der Waals surface area contributed by atoms with Crippen LogP contribution in [0, 0.1) is 6.07 Å². The Bertz CT molecular complexity index is 496. The summed E-state index contributed by atoms with van der Waals surface area (Å²) >= 11 is 23.1. The average molecular weight is 389 g/mol. The van der Waals surface area contributed by atoms with Crippen LogP contribution >= 0.6 is 58.4 Å². The maximum Gasteiger partial charge on any atom is 0.361 e. The number of hydrogen-bond acceptors (Lipinski definition) is 3. The molecule has 0 amide bonds. The Labute approximate surface area is 136 Å². The third kappa shape index (κ3) is 6.17. The molecule has 0 heterocycles. The van der Waals surface area contributed by atoms with Gasteiger partial charge in [-0.2, -0.15) is 8.42 Å². The lowest BCUT2D eigenvalue weighted by atomic mass is 10.1. The maximum absolute atomic E-state index is 11.1. The highest BCUT2D eigenvalue weighted by molar-refractivity contribution is 8.05. The Morgan fingerprint density at radius 1 is 1.47 bits per heavy atom. The first-order chi connectivity index (χ1) is 8.34. The number of rotatable bonds is 5. The zero-order valence-electron chi connectivity index (χ0n) is 9.85. The third-order valence-corrected chi connectivity index (χ3v) is 5.68. The molecule has 110 valence electrons. The molecule has 0 aromatic rings. The van der Waals surface area contributed by atoms with Crippen molar-refractivity contribution in [1.29, 1.82) is 0 Å². The van der Waals surface area contributed by atoms with Crippen molar-refractivity contribution in [3.05, 3.63) is 17.0 Å². The van der Waals surface area contributed by atoms with Crippen LogP contribution in [0.25, 0.3) is 4.25 Å². The van der Waals surface area contributed by atoms with Crippen LogP contribution in [-0.4, -0.2) is 31.3 Å². The van der Waals surface area contributed by atoms with E-state index in [0.717, 1.165) is 6.20 Å². The highest BCUT2D eigenvalue weighted by atomic mass is 35.5. The summed E-state index contributed by atoms with van der Waals surface area (Å²) in [4.78, 5) is -1.12. The maximum atomic E-state index is 11.1. The monoisotopic (exact) mass is 387 g/mol. The molecule has 0 saturated carbocycles. The van der Waals surface area contributed by atoms with Gasteiger partial charge in [0.1, 0.15) is 0 Å². The molecular formula is C8H11Cl4N2O3S2+. The summed E-state index contributed by atoms with van der Waals surface area (Å²) < 4.78 is 33.9. The zero-order chi connectivity index (χ0) is 15.5. The van der Waals surface area contributed by atoms with Crippen LogP contribution in [0.5, 0.6) is 0 Å². The van der Waals surface area contributed by atoms with E-state index in [1.807, 2.05) is 0 Å². The van der Waals surface area contributed by atoms with E-state index in [1.165, 1.54) is 13.8 Å². The minimum absolute atomic E-state index is 0.563. The van der Waals surface area contributed by atoms with Gasteiger partial charge in [0.15, 0.2) is 10.4 Å². The summed E-state index contributed by atoms with van der Waals surface area (Å²) in [5.74, 6) is 0. The molecule has 0 aliphatic rings. The van der Waals surface area contributed by atoms with Crippen LogP contribution in [0.1, 0.15) is 13.8 Å². The van der Waals surface area contributed by atoms with E-state index in [1.54, 1.807) is 0 Å². The van der Waals surface area contributed by atoms with Crippen molar-refractivity contribution < 1.29 is 13.0 Å². The van der Waals surface area contributed by atoms with Crippen molar-refractivity contribution in [2.75, 3.05) is 0 Å². The summed E-state index contributed by atoms with van der Waals surface area (Å²) in [7, 11) is -4.49. The van der Waals surface area contributed by atoms with Crippen LogP contribution in [0.15, 0.2) is 12.8 Å². The Hall–Kier alpha value is 0.450. The molecular weight excluding hydrogens is 378 g/mol. The molecule has 1 N–H and O–H groups in total. The first-order valence-corrected chi connectivity index (χ1v) is 8.35. The van der Waals surface area contributed by atoms with Crippen molar-refractivity contribution in [3.8, 4) is 6.07 Å². The van der Waals surface area contributed by atoms with Gasteiger partial charge in [0.05, 0.1) is 0 Å². The van der Waals surface area contributed by atoms with Gasteiger partial charge >= 0.3 is 28.3 Å². The molecule has 5 nitrogen and oxygen atoms in total. The van der Waals surface area contributed by atoms with Gasteiger partial charge in [0, 0.05) is 10.5 Å². The van der Waals surface area contributed by atoms with E-state index in [0.29, 0.717) is 16.3 Å². The fourth-order valence-corrected chi connectivity index (χ4v) is 2.62. The average Bonchev–Trinajstić information content (AvgIpc) is 2.14. The third-order valence-electron chi connectivity index (χ3n) is 1.71. The van der Waals surface area contributed by atoms with Crippen LogP contribution in [-0.2, 0) is 10.3 Å². The molecule has 0 aliphatic heterocycles. The number of hydrogen-bond donors (Lipinski definition) is 1. The molecule has 0 unspecified atom stereocenters. The van der Waals surface area contributed by atoms with E-state index >= 15 is 0 Å². The molecule has 0 saturated heterocycles. The lowest BCUT2D eigenvalue weighted by Crippen LogP contribution is -2.42. The van der Waals surface area contributed by atoms with Gasteiger partial charge in [-0.05, 0) is 13.8 Å². The smallest absolute Gasteiger partial charge is 0.269 e. The summed E-state index contributed by atoms with van der Waals surface area (Å²) in [5, 5.41) is 0. The molecule has 0 radical (unpaired) electrons. The van der Waals surface area contributed by atoms with Crippen LogP contribution in [0.4, 0.5) is 0 Å². The number of nitrogens with zero attached hydrogens (tertiary/aromatic N) is 2. The Morgan fingerprint density at radius 3 is 2.26 bits per heavy atom. The molecule has 19 heavy (non-hydrogen) atoms. The SMILES string of the molecule is C=CN(C(C)(C)C#[N+]SC(Cl)(Cl)C(Cl)Cl)S(=O)(=O)O. The van der Waals surface area contributed by atoms with E-state index < -0.39 is 24.3 Å². The second-order valence-corrected chi connectivity index (χ2v) is 8.90. The highest BCUT2D eigenvalue weighted by Gasteiger charge is 2.42. The molecule has 0 rings (SSSR count). The topological polar surface area (TPSA) is 62.0 Å². The fourth-order valence-electron chi connectivity index (χ4n) is 0.895. The van der Waals surface area contributed by atoms with Crippen molar-refractivity contribution in [2.24, 2.45) is 0 Å². The van der Waals surface area contributed by atoms with Gasteiger partial charge in [-0.15, -0.1) is 23.2 Å². The first-order valence-electron chi connectivity index (χ1n) is 4.55. The minimum atomic E-state index is -4.49. The largest absolute Gasteiger partial charge is 0.361 e. The lowest BCUT2D eigenvalue weighted by Gasteiger charge is -2.24. The summed E-state index contributed by atoms with van der Waals surface area (Å²) in [5.41, 5.74) is -1.31. The molecule has 0 atom stereocenters. The van der Waals surface area contributed by atoms with Crippen molar-refractivity contribution >= 4 is 68.7 Å². The second-order valence-electron chi connectivity index (χ2n) is 3.67. The van der Waals surface area contributed by atoms with Crippen LogP contribution in [0.2, 0.25) is 0 Å². The van der Waals surface area contributed by atoms with Crippen molar-refractivity contribution in [2.45, 2.75) is 27.9 Å². The molecule has 0 aliphatic carbocycles.